The van der Waals surface area contributed by atoms with Gasteiger partial charge >= 0.3 is 0 Å². The van der Waals surface area contributed by atoms with Crippen LogP contribution in [0, 0.1) is 0 Å². The first-order valence-corrected chi connectivity index (χ1v) is 7.14. The molecule has 1 aromatic carbocycles. The number of methoxy groups -OCH3 is 1. The van der Waals surface area contributed by atoms with E-state index in [1.54, 1.807) is 21.0 Å². The lowest BCUT2D eigenvalue weighted by Crippen LogP contribution is -2.36. The fraction of sp³-hybridized carbons (Fsp3) is 0.625. The number of hydrogen-bond acceptors (Lipinski definition) is 4. The maximum absolute atomic E-state index is 9.75. The summed E-state index contributed by atoms with van der Waals surface area (Å²) in [6.45, 7) is 8.92. The van der Waals surface area contributed by atoms with Crippen LogP contribution in [0.2, 0.25) is 0 Å². The first-order valence-electron chi connectivity index (χ1n) is 7.14. The van der Waals surface area contributed by atoms with Gasteiger partial charge in [-0.25, -0.2) is 0 Å². The summed E-state index contributed by atoms with van der Waals surface area (Å²) in [4.78, 5) is 0. The summed E-state index contributed by atoms with van der Waals surface area (Å²) in [6, 6.07) is 6.07. The highest BCUT2D eigenvalue weighted by molar-refractivity contribution is 5.43. The van der Waals surface area contributed by atoms with Crippen molar-refractivity contribution >= 4 is 0 Å². The Labute approximate surface area is 122 Å². The summed E-state index contributed by atoms with van der Waals surface area (Å²) in [6.07, 6.45) is 0.967. The minimum absolute atomic E-state index is 0.135. The summed E-state index contributed by atoms with van der Waals surface area (Å²) >= 11 is 0. The van der Waals surface area contributed by atoms with Crippen molar-refractivity contribution in [1.29, 1.82) is 0 Å². The average molecular weight is 281 g/mol. The Hall–Kier alpha value is -1.26. The number of nitrogens with one attached hydrogen (secondary N) is 1. The van der Waals surface area contributed by atoms with Gasteiger partial charge in [-0.2, -0.15) is 0 Å². The largest absolute Gasteiger partial charge is 0.493 e. The van der Waals surface area contributed by atoms with Crippen LogP contribution in [0.4, 0.5) is 0 Å². The maximum Gasteiger partial charge on any atom is 0.161 e. The van der Waals surface area contributed by atoms with E-state index in [-0.39, 0.29) is 6.04 Å². The van der Waals surface area contributed by atoms with Crippen molar-refractivity contribution in [3.05, 3.63) is 23.8 Å². The van der Waals surface area contributed by atoms with E-state index >= 15 is 0 Å². The smallest absolute Gasteiger partial charge is 0.161 e. The molecule has 0 aliphatic rings. The van der Waals surface area contributed by atoms with E-state index in [1.807, 2.05) is 18.2 Å². The topological polar surface area (TPSA) is 50.7 Å². The Morgan fingerprint density at radius 2 is 2.00 bits per heavy atom. The molecule has 0 aromatic heterocycles. The van der Waals surface area contributed by atoms with Crippen LogP contribution in [0.5, 0.6) is 11.5 Å². The van der Waals surface area contributed by atoms with E-state index in [2.05, 4.69) is 19.2 Å². The lowest BCUT2D eigenvalue weighted by molar-refractivity contribution is 0.0770. The van der Waals surface area contributed by atoms with Crippen LogP contribution < -0.4 is 14.8 Å². The average Bonchev–Trinajstić information content (AvgIpc) is 2.41. The lowest BCUT2D eigenvalue weighted by atomic mass is 10.1. The predicted octanol–water partition coefficient (Wildman–Crippen LogP) is 2.91. The summed E-state index contributed by atoms with van der Waals surface area (Å²) in [5.74, 6) is 1.51. The molecule has 1 aromatic rings. The molecule has 114 valence electrons. The molecule has 0 saturated heterocycles. The van der Waals surface area contributed by atoms with Gasteiger partial charge in [0.1, 0.15) is 0 Å². The number of aliphatic hydroxyl groups is 1. The third-order valence-corrected chi connectivity index (χ3v) is 2.99. The molecule has 20 heavy (non-hydrogen) atoms. The van der Waals surface area contributed by atoms with E-state index in [1.165, 1.54) is 0 Å². The third-order valence-electron chi connectivity index (χ3n) is 2.99. The minimum Gasteiger partial charge on any atom is -0.493 e. The molecular formula is C16H27NO3. The summed E-state index contributed by atoms with van der Waals surface area (Å²) in [5, 5.41) is 13.1. The molecule has 0 radical (unpaired) electrons. The van der Waals surface area contributed by atoms with E-state index < -0.39 is 5.60 Å². The first-order chi connectivity index (χ1) is 9.37. The Balaban J connectivity index is 2.75. The van der Waals surface area contributed by atoms with Gasteiger partial charge in [0.2, 0.25) is 0 Å². The normalized spacial score (nSPS) is 13.1. The molecule has 0 heterocycles. The van der Waals surface area contributed by atoms with Gasteiger partial charge in [0, 0.05) is 12.6 Å². The molecule has 0 saturated carbocycles. The molecule has 0 aliphatic carbocycles. The van der Waals surface area contributed by atoms with Crippen molar-refractivity contribution < 1.29 is 14.6 Å². The van der Waals surface area contributed by atoms with Gasteiger partial charge in [0.05, 0.1) is 19.3 Å². The van der Waals surface area contributed by atoms with Crippen LogP contribution >= 0.6 is 0 Å². The van der Waals surface area contributed by atoms with Crippen molar-refractivity contribution in [2.24, 2.45) is 0 Å². The zero-order valence-corrected chi connectivity index (χ0v) is 13.2. The number of ether oxygens (including phenoxy) is 2. The van der Waals surface area contributed by atoms with E-state index in [9.17, 15) is 5.11 Å². The maximum atomic E-state index is 9.75. The Morgan fingerprint density at radius 3 is 2.55 bits per heavy atom. The lowest BCUT2D eigenvalue weighted by Gasteiger charge is -2.22. The standard InChI is InChI=1S/C16H27NO3/c1-6-9-20-14-8-7-13(10-15(14)19-5)12(2)17-11-16(3,4)18/h7-8,10,12,17-18H,6,9,11H2,1-5H3. The molecule has 1 atom stereocenters. The van der Waals surface area contributed by atoms with E-state index in [0.717, 1.165) is 23.5 Å². The second-order valence-corrected chi connectivity index (χ2v) is 5.67. The van der Waals surface area contributed by atoms with Crippen molar-refractivity contribution in [1.82, 2.24) is 5.32 Å². The monoisotopic (exact) mass is 281 g/mol. The summed E-state index contributed by atoms with van der Waals surface area (Å²) < 4.78 is 11.0. The van der Waals surface area contributed by atoms with Gasteiger partial charge in [0.15, 0.2) is 11.5 Å². The van der Waals surface area contributed by atoms with Crippen molar-refractivity contribution in [3.63, 3.8) is 0 Å². The molecule has 1 rings (SSSR count). The van der Waals surface area contributed by atoms with Crippen LogP contribution in [0.1, 0.15) is 45.7 Å². The van der Waals surface area contributed by atoms with Gasteiger partial charge in [-0.05, 0) is 44.9 Å². The molecule has 4 nitrogen and oxygen atoms in total. The molecule has 1 unspecified atom stereocenters. The van der Waals surface area contributed by atoms with Gasteiger partial charge in [-0.1, -0.05) is 13.0 Å². The molecule has 2 N–H and O–H groups in total. The van der Waals surface area contributed by atoms with Gasteiger partial charge in [-0.15, -0.1) is 0 Å². The SMILES string of the molecule is CCCOc1ccc(C(C)NCC(C)(C)O)cc1OC. The van der Waals surface area contributed by atoms with Crippen LogP contribution in [-0.4, -0.2) is 31.0 Å². The van der Waals surface area contributed by atoms with Crippen LogP contribution in [0.15, 0.2) is 18.2 Å². The molecular weight excluding hydrogens is 254 g/mol. The fourth-order valence-electron chi connectivity index (χ4n) is 1.81. The van der Waals surface area contributed by atoms with E-state index in [4.69, 9.17) is 9.47 Å². The number of hydrogen-bond donors (Lipinski definition) is 2. The quantitative estimate of drug-likeness (QED) is 0.769. The zero-order chi connectivity index (χ0) is 15.2. The molecule has 0 bridgehead atoms. The van der Waals surface area contributed by atoms with Gasteiger partial charge in [-0.3, -0.25) is 0 Å². The van der Waals surface area contributed by atoms with Crippen molar-refractivity contribution in [2.75, 3.05) is 20.3 Å². The van der Waals surface area contributed by atoms with Crippen LogP contribution in [0.25, 0.3) is 0 Å². The molecule has 0 fully saturated rings. The van der Waals surface area contributed by atoms with Crippen molar-refractivity contribution in [3.8, 4) is 11.5 Å². The third kappa shape index (κ3) is 5.39. The van der Waals surface area contributed by atoms with Gasteiger partial charge in [0.25, 0.3) is 0 Å². The van der Waals surface area contributed by atoms with Crippen LogP contribution in [-0.2, 0) is 0 Å². The summed E-state index contributed by atoms with van der Waals surface area (Å²) in [7, 11) is 1.65. The second kappa shape index (κ2) is 7.50. The number of rotatable bonds is 8. The highest BCUT2D eigenvalue weighted by Crippen LogP contribution is 2.30. The minimum atomic E-state index is -0.720. The molecule has 4 heteroatoms. The number of benzene rings is 1. The predicted molar refractivity (Wildman–Crippen MR) is 81.5 cm³/mol. The first kappa shape index (κ1) is 16.8. The van der Waals surface area contributed by atoms with Gasteiger partial charge < -0.3 is 19.9 Å². The second-order valence-electron chi connectivity index (χ2n) is 5.67. The summed E-state index contributed by atoms with van der Waals surface area (Å²) in [5.41, 5.74) is 0.387. The highest BCUT2D eigenvalue weighted by Gasteiger charge is 2.15. The Morgan fingerprint density at radius 1 is 1.30 bits per heavy atom. The van der Waals surface area contributed by atoms with Crippen molar-refractivity contribution in [2.45, 2.75) is 45.8 Å². The zero-order valence-electron chi connectivity index (χ0n) is 13.2. The van der Waals surface area contributed by atoms with Crippen LogP contribution in [0.3, 0.4) is 0 Å². The Kier molecular flexibility index (Phi) is 6.30. The Bertz CT molecular complexity index is 413. The highest BCUT2D eigenvalue weighted by atomic mass is 16.5. The molecule has 0 spiro atoms. The molecule has 0 amide bonds. The van der Waals surface area contributed by atoms with E-state index in [0.29, 0.717) is 13.2 Å². The molecule has 0 aliphatic heterocycles. The fourth-order valence-corrected chi connectivity index (χ4v) is 1.81.